The van der Waals surface area contributed by atoms with Gasteiger partial charge in [0, 0.05) is 0 Å². The maximum Gasteiger partial charge on any atom is -0.0155 e. The lowest BCUT2D eigenvalue weighted by Gasteiger charge is -2.78. The quantitative estimate of drug-likeness (QED) is 0.529. The molecule has 1 spiro atoms. The molecule has 0 aromatic heterocycles. The van der Waals surface area contributed by atoms with Crippen molar-refractivity contribution < 1.29 is 0 Å². The van der Waals surface area contributed by atoms with Crippen LogP contribution in [0.2, 0.25) is 0 Å². The predicted octanol–water partition coefficient (Wildman–Crippen LogP) is 3.61. The van der Waals surface area contributed by atoms with Gasteiger partial charge in [-0.25, -0.2) is 0 Å². The third-order valence-electron chi connectivity index (χ3n) is 6.59. The molecule has 4 rings (SSSR count). The second-order valence-electron chi connectivity index (χ2n) is 7.54. The van der Waals surface area contributed by atoms with Crippen LogP contribution < -0.4 is 0 Å². The van der Waals surface area contributed by atoms with E-state index in [0.29, 0.717) is 0 Å². The van der Waals surface area contributed by atoms with Crippen LogP contribution in [0.5, 0.6) is 0 Å². The zero-order chi connectivity index (χ0) is 9.11. The van der Waals surface area contributed by atoms with Crippen LogP contribution in [0, 0.1) is 27.6 Å². The maximum atomic E-state index is 2.59. The molecule has 2 bridgehead atoms. The summed E-state index contributed by atoms with van der Waals surface area (Å²) in [7, 11) is 0. The SMILES string of the molecule is CC12CC3CC4(C)CC(C)(C1)C34C2. The molecule has 0 nitrogen and oxygen atoms in total. The Morgan fingerprint density at radius 3 is 2.08 bits per heavy atom. The van der Waals surface area contributed by atoms with Gasteiger partial charge >= 0.3 is 0 Å². The van der Waals surface area contributed by atoms with Crippen LogP contribution in [-0.2, 0) is 0 Å². The number of rotatable bonds is 0. The molecular formula is C13H20. The van der Waals surface area contributed by atoms with E-state index in [0.717, 1.165) is 27.6 Å². The van der Waals surface area contributed by atoms with Crippen LogP contribution in [-0.4, -0.2) is 0 Å². The maximum absolute atomic E-state index is 2.59. The van der Waals surface area contributed by atoms with Crippen LogP contribution in [0.1, 0.15) is 52.9 Å². The number of hydrogen-bond donors (Lipinski definition) is 0. The van der Waals surface area contributed by atoms with Crippen LogP contribution in [0.4, 0.5) is 0 Å². The molecule has 0 saturated heterocycles. The minimum absolute atomic E-state index is 0.758. The summed E-state index contributed by atoms with van der Waals surface area (Å²) >= 11 is 0. The first kappa shape index (κ1) is 7.31. The molecule has 0 aliphatic heterocycles. The molecule has 13 heavy (non-hydrogen) atoms. The van der Waals surface area contributed by atoms with E-state index < -0.39 is 0 Å². The van der Waals surface area contributed by atoms with E-state index in [9.17, 15) is 0 Å². The molecular weight excluding hydrogens is 156 g/mol. The molecule has 0 aromatic rings. The first-order valence-corrected chi connectivity index (χ1v) is 5.93. The summed E-state index contributed by atoms with van der Waals surface area (Å²) in [5, 5.41) is 0. The molecule has 72 valence electrons. The summed E-state index contributed by atoms with van der Waals surface area (Å²) in [6, 6.07) is 0. The fraction of sp³-hybridized carbons (Fsp3) is 1.00. The van der Waals surface area contributed by atoms with E-state index in [2.05, 4.69) is 20.8 Å². The Hall–Kier alpha value is 0. The summed E-state index contributed by atoms with van der Waals surface area (Å²) in [6.07, 6.45) is 7.81. The van der Waals surface area contributed by atoms with Crippen molar-refractivity contribution in [2.24, 2.45) is 27.6 Å². The molecule has 0 N–H and O–H groups in total. The van der Waals surface area contributed by atoms with Gasteiger partial charge in [0.2, 0.25) is 0 Å². The molecule has 4 aliphatic rings. The largest absolute Gasteiger partial charge is 0.0596 e. The highest BCUT2D eigenvalue weighted by Crippen LogP contribution is 2.93. The monoisotopic (exact) mass is 176 g/mol. The van der Waals surface area contributed by atoms with Gasteiger partial charge in [0.1, 0.15) is 0 Å². The molecule has 0 heteroatoms. The average molecular weight is 176 g/mol. The summed E-state index contributed by atoms with van der Waals surface area (Å²) in [5.41, 5.74) is 3.17. The number of hydrogen-bond acceptors (Lipinski definition) is 0. The normalized spacial score (nSPS) is 77.3. The minimum Gasteiger partial charge on any atom is -0.0596 e. The summed E-state index contributed by atoms with van der Waals surface area (Å²) in [5.74, 6) is 1.13. The zero-order valence-electron chi connectivity index (χ0n) is 9.11. The van der Waals surface area contributed by atoms with Crippen molar-refractivity contribution >= 4 is 0 Å². The third-order valence-corrected chi connectivity index (χ3v) is 6.59. The Morgan fingerprint density at radius 2 is 1.62 bits per heavy atom. The van der Waals surface area contributed by atoms with Crippen molar-refractivity contribution in [3.63, 3.8) is 0 Å². The molecule has 0 heterocycles. The fourth-order valence-electron chi connectivity index (χ4n) is 7.08. The Bertz CT molecular complexity index is 320. The van der Waals surface area contributed by atoms with E-state index in [1.54, 1.807) is 32.1 Å². The molecule has 0 radical (unpaired) electrons. The Morgan fingerprint density at radius 1 is 0.846 bits per heavy atom. The van der Waals surface area contributed by atoms with Gasteiger partial charge in [-0.2, -0.15) is 0 Å². The van der Waals surface area contributed by atoms with E-state index in [-0.39, 0.29) is 0 Å². The van der Waals surface area contributed by atoms with Crippen molar-refractivity contribution in [1.29, 1.82) is 0 Å². The fourth-order valence-corrected chi connectivity index (χ4v) is 7.08. The molecule has 5 unspecified atom stereocenters. The lowest BCUT2D eigenvalue weighted by molar-refractivity contribution is -0.301. The summed E-state index contributed by atoms with van der Waals surface area (Å²) in [6.45, 7) is 7.72. The molecule has 0 aromatic carbocycles. The molecule has 0 amide bonds. The standard InChI is InChI=1S/C13H20/c1-10-4-9-5-11(2)8-12(3,6-10)13(9,11)7-10/h9H,4-8H2,1-3H3. The molecule has 4 saturated carbocycles. The van der Waals surface area contributed by atoms with Crippen molar-refractivity contribution in [2.75, 3.05) is 0 Å². The van der Waals surface area contributed by atoms with Crippen LogP contribution in [0.15, 0.2) is 0 Å². The summed E-state index contributed by atoms with van der Waals surface area (Å²) < 4.78 is 0. The molecule has 5 atom stereocenters. The van der Waals surface area contributed by atoms with Crippen LogP contribution >= 0.6 is 0 Å². The topological polar surface area (TPSA) is 0 Å². The first-order chi connectivity index (χ1) is 5.93. The van der Waals surface area contributed by atoms with Crippen molar-refractivity contribution in [3.8, 4) is 0 Å². The predicted molar refractivity (Wildman–Crippen MR) is 53.3 cm³/mol. The zero-order valence-corrected chi connectivity index (χ0v) is 9.11. The van der Waals surface area contributed by atoms with E-state index >= 15 is 0 Å². The molecule has 4 fully saturated rings. The van der Waals surface area contributed by atoms with Gasteiger partial charge in [-0.15, -0.1) is 0 Å². The van der Waals surface area contributed by atoms with Gasteiger partial charge in [0.25, 0.3) is 0 Å². The van der Waals surface area contributed by atoms with Crippen molar-refractivity contribution in [3.05, 3.63) is 0 Å². The number of fused-ring (bicyclic) bond motifs is 1. The van der Waals surface area contributed by atoms with Gasteiger partial charge in [0.05, 0.1) is 0 Å². The lowest BCUT2D eigenvalue weighted by Crippen LogP contribution is -2.71. The van der Waals surface area contributed by atoms with Crippen LogP contribution in [0.3, 0.4) is 0 Å². The van der Waals surface area contributed by atoms with Crippen LogP contribution in [0.25, 0.3) is 0 Å². The Balaban J connectivity index is 1.93. The Labute approximate surface area is 81.1 Å². The third kappa shape index (κ3) is 0.444. The van der Waals surface area contributed by atoms with Gasteiger partial charge in [0.15, 0.2) is 0 Å². The molecule has 4 aliphatic carbocycles. The van der Waals surface area contributed by atoms with Gasteiger partial charge < -0.3 is 0 Å². The van der Waals surface area contributed by atoms with Crippen molar-refractivity contribution in [1.82, 2.24) is 0 Å². The van der Waals surface area contributed by atoms with Gasteiger partial charge in [-0.05, 0) is 59.7 Å². The summed E-state index contributed by atoms with van der Waals surface area (Å²) in [4.78, 5) is 0. The highest BCUT2D eigenvalue weighted by Gasteiger charge is 2.85. The highest BCUT2D eigenvalue weighted by atomic mass is 14.9. The lowest BCUT2D eigenvalue weighted by atomic mass is 9.26. The minimum atomic E-state index is 0.758. The van der Waals surface area contributed by atoms with Gasteiger partial charge in [-0.1, -0.05) is 20.8 Å². The smallest absolute Gasteiger partial charge is 0.0155 e. The highest BCUT2D eigenvalue weighted by molar-refractivity contribution is 5.34. The average Bonchev–Trinajstić information content (AvgIpc) is 2.31. The van der Waals surface area contributed by atoms with E-state index in [1.165, 1.54) is 0 Å². The van der Waals surface area contributed by atoms with Crippen molar-refractivity contribution in [2.45, 2.75) is 52.9 Å². The first-order valence-electron chi connectivity index (χ1n) is 5.93. The van der Waals surface area contributed by atoms with Gasteiger partial charge in [-0.3, -0.25) is 0 Å². The second kappa shape index (κ2) is 1.42. The van der Waals surface area contributed by atoms with E-state index in [1.807, 2.05) is 0 Å². The second-order valence-corrected chi connectivity index (χ2v) is 7.54. The van der Waals surface area contributed by atoms with E-state index in [4.69, 9.17) is 0 Å². The Kier molecular flexibility index (Phi) is 0.798.